The van der Waals surface area contributed by atoms with Crippen LogP contribution in [0.5, 0.6) is 0 Å². The molecule has 2 rings (SSSR count). The van der Waals surface area contributed by atoms with E-state index in [2.05, 4.69) is 20.5 Å². The van der Waals surface area contributed by atoms with Crippen LogP contribution in [0.15, 0.2) is 22.7 Å². The number of nitrogens with one attached hydrogen (secondary N) is 1. The van der Waals surface area contributed by atoms with Gasteiger partial charge in [0.15, 0.2) is 0 Å². The lowest BCUT2D eigenvalue weighted by Gasteiger charge is -2.05. The highest BCUT2D eigenvalue weighted by molar-refractivity contribution is 5.46. The van der Waals surface area contributed by atoms with Crippen molar-refractivity contribution in [1.82, 2.24) is 20.5 Å². The molecule has 0 aliphatic heterocycles. The van der Waals surface area contributed by atoms with Crippen LogP contribution in [0.25, 0.3) is 11.6 Å². The van der Waals surface area contributed by atoms with Gasteiger partial charge in [-0.25, -0.2) is 0 Å². The molecular formula is C13H15F3N4O. The topological polar surface area (TPSA) is 63.8 Å². The number of halogens is 3. The van der Waals surface area contributed by atoms with E-state index in [1.165, 1.54) is 6.07 Å². The fourth-order valence-electron chi connectivity index (χ4n) is 1.69. The molecule has 0 bridgehead atoms. The fraction of sp³-hybridized carbons (Fsp3) is 0.462. The molecule has 0 saturated carbocycles. The number of alkyl halides is 3. The minimum Gasteiger partial charge on any atom is -0.419 e. The maximum absolute atomic E-state index is 12.4. The van der Waals surface area contributed by atoms with E-state index in [1.54, 1.807) is 0 Å². The monoisotopic (exact) mass is 300 g/mol. The SMILES string of the molecule is CCNCCCc1nnc(-c2ccc(C(F)(F)F)cn2)o1. The average molecular weight is 300 g/mol. The summed E-state index contributed by atoms with van der Waals surface area (Å²) in [5.41, 5.74) is -0.579. The third-order valence-corrected chi connectivity index (χ3v) is 2.77. The van der Waals surface area contributed by atoms with Gasteiger partial charge in [-0.15, -0.1) is 10.2 Å². The van der Waals surface area contributed by atoms with Crippen molar-refractivity contribution >= 4 is 0 Å². The Balaban J connectivity index is 2.00. The molecule has 2 heterocycles. The maximum Gasteiger partial charge on any atom is 0.417 e. The molecule has 0 amide bonds. The van der Waals surface area contributed by atoms with Gasteiger partial charge in [0.2, 0.25) is 5.89 Å². The molecule has 0 radical (unpaired) electrons. The molecular weight excluding hydrogens is 285 g/mol. The summed E-state index contributed by atoms with van der Waals surface area (Å²) in [5, 5.41) is 10.8. The van der Waals surface area contributed by atoms with Gasteiger partial charge in [0, 0.05) is 12.6 Å². The van der Waals surface area contributed by atoms with Crippen LogP contribution in [0.2, 0.25) is 0 Å². The lowest BCUT2D eigenvalue weighted by Crippen LogP contribution is -2.14. The molecule has 2 aromatic rings. The van der Waals surface area contributed by atoms with Gasteiger partial charge in [0.25, 0.3) is 5.89 Å². The van der Waals surface area contributed by atoms with Crippen LogP contribution in [-0.2, 0) is 12.6 Å². The van der Waals surface area contributed by atoms with Gasteiger partial charge in [-0.05, 0) is 31.6 Å². The van der Waals surface area contributed by atoms with Gasteiger partial charge in [-0.2, -0.15) is 13.2 Å². The Labute approximate surface area is 119 Å². The van der Waals surface area contributed by atoms with Crippen LogP contribution in [0.3, 0.4) is 0 Å². The summed E-state index contributed by atoms with van der Waals surface area (Å²) in [6.07, 6.45) is -2.20. The first-order chi connectivity index (χ1) is 10.0. The van der Waals surface area contributed by atoms with Gasteiger partial charge in [-0.1, -0.05) is 6.92 Å². The van der Waals surface area contributed by atoms with Crippen molar-refractivity contribution in [2.24, 2.45) is 0 Å². The second kappa shape index (κ2) is 6.66. The maximum atomic E-state index is 12.4. The number of rotatable bonds is 6. The summed E-state index contributed by atoms with van der Waals surface area (Å²) >= 11 is 0. The number of hydrogen-bond donors (Lipinski definition) is 1. The van der Waals surface area contributed by atoms with Crippen molar-refractivity contribution < 1.29 is 17.6 Å². The quantitative estimate of drug-likeness (QED) is 0.831. The minimum absolute atomic E-state index is 0.127. The van der Waals surface area contributed by atoms with Crippen LogP contribution < -0.4 is 5.32 Å². The highest BCUT2D eigenvalue weighted by Gasteiger charge is 2.30. The summed E-state index contributed by atoms with van der Waals surface area (Å²) in [6, 6.07) is 2.16. The van der Waals surface area contributed by atoms with Crippen LogP contribution in [0.4, 0.5) is 13.2 Å². The molecule has 0 spiro atoms. The van der Waals surface area contributed by atoms with Crippen molar-refractivity contribution in [3.63, 3.8) is 0 Å². The summed E-state index contributed by atoms with van der Waals surface area (Å²) in [7, 11) is 0. The van der Waals surface area contributed by atoms with E-state index in [1.807, 2.05) is 6.92 Å². The zero-order chi connectivity index (χ0) is 15.3. The summed E-state index contributed by atoms with van der Waals surface area (Å²) in [5.74, 6) is 0.576. The summed E-state index contributed by atoms with van der Waals surface area (Å²) < 4.78 is 42.7. The van der Waals surface area contributed by atoms with Gasteiger partial charge in [-0.3, -0.25) is 4.98 Å². The Bertz CT molecular complexity index is 566. The summed E-state index contributed by atoms with van der Waals surface area (Å²) in [4.78, 5) is 3.71. The number of aryl methyl sites for hydroxylation is 1. The van der Waals surface area contributed by atoms with Crippen molar-refractivity contribution in [2.45, 2.75) is 25.9 Å². The largest absolute Gasteiger partial charge is 0.419 e. The zero-order valence-corrected chi connectivity index (χ0v) is 11.4. The van der Waals surface area contributed by atoms with E-state index in [0.29, 0.717) is 12.3 Å². The number of pyridine rings is 1. The Hall–Kier alpha value is -1.96. The molecule has 114 valence electrons. The molecule has 8 heteroatoms. The second-order valence-corrected chi connectivity index (χ2v) is 4.39. The average Bonchev–Trinajstić information content (AvgIpc) is 2.92. The molecule has 21 heavy (non-hydrogen) atoms. The van der Waals surface area contributed by atoms with E-state index in [0.717, 1.165) is 31.8 Å². The van der Waals surface area contributed by atoms with Gasteiger partial charge in [0.05, 0.1) is 5.56 Å². The van der Waals surface area contributed by atoms with Crippen LogP contribution >= 0.6 is 0 Å². The molecule has 0 aromatic carbocycles. The Morgan fingerprint density at radius 3 is 2.67 bits per heavy atom. The van der Waals surface area contributed by atoms with Crippen LogP contribution in [0.1, 0.15) is 24.8 Å². The fourth-order valence-corrected chi connectivity index (χ4v) is 1.69. The second-order valence-electron chi connectivity index (χ2n) is 4.39. The first-order valence-corrected chi connectivity index (χ1v) is 6.57. The number of aromatic nitrogens is 3. The highest BCUT2D eigenvalue weighted by atomic mass is 19.4. The molecule has 0 aliphatic rings. The molecule has 2 aromatic heterocycles. The van der Waals surface area contributed by atoms with E-state index in [-0.39, 0.29) is 11.6 Å². The lowest BCUT2D eigenvalue weighted by atomic mass is 10.2. The Kier molecular flexibility index (Phi) is 4.89. The van der Waals surface area contributed by atoms with E-state index in [4.69, 9.17) is 4.42 Å². The predicted molar refractivity (Wildman–Crippen MR) is 69.4 cm³/mol. The molecule has 0 aliphatic carbocycles. The van der Waals surface area contributed by atoms with Gasteiger partial charge >= 0.3 is 6.18 Å². The molecule has 0 unspecified atom stereocenters. The van der Waals surface area contributed by atoms with Gasteiger partial charge < -0.3 is 9.73 Å². The molecule has 0 atom stereocenters. The Morgan fingerprint density at radius 1 is 1.24 bits per heavy atom. The predicted octanol–water partition coefficient (Wildman–Crippen LogP) is 2.69. The summed E-state index contributed by atoms with van der Waals surface area (Å²) in [6.45, 7) is 3.75. The van der Waals surface area contributed by atoms with Crippen LogP contribution in [-0.4, -0.2) is 28.3 Å². The van der Waals surface area contributed by atoms with E-state index >= 15 is 0 Å². The van der Waals surface area contributed by atoms with E-state index < -0.39 is 11.7 Å². The number of hydrogen-bond acceptors (Lipinski definition) is 5. The molecule has 5 nitrogen and oxygen atoms in total. The van der Waals surface area contributed by atoms with Crippen molar-refractivity contribution in [2.75, 3.05) is 13.1 Å². The highest BCUT2D eigenvalue weighted by Crippen LogP contribution is 2.29. The minimum atomic E-state index is -4.40. The zero-order valence-electron chi connectivity index (χ0n) is 11.4. The third-order valence-electron chi connectivity index (χ3n) is 2.77. The number of nitrogens with zero attached hydrogens (tertiary/aromatic N) is 3. The van der Waals surface area contributed by atoms with Crippen molar-refractivity contribution in [3.05, 3.63) is 29.8 Å². The lowest BCUT2D eigenvalue weighted by molar-refractivity contribution is -0.137. The van der Waals surface area contributed by atoms with Crippen LogP contribution in [0, 0.1) is 0 Å². The standard InChI is InChI=1S/C13H15F3N4O/c1-2-17-7-3-4-11-19-20-12(21-11)10-6-5-9(8-18-10)13(14,15)16/h5-6,8,17H,2-4,7H2,1H3. The van der Waals surface area contributed by atoms with Crippen molar-refractivity contribution in [3.8, 4) is 11.6 Å². The molecule has 0 saturated heterocycles. The molecule has 1 N–H and O–H groups in total. The van der Waals surface area contributed by atoms with E-state index in [9.17, 15) is 13.2 Å². The first kappa shape index (κ1) is 15.4. The van der Waals surface area contributed by atoms with Gasteiger partial charge in [0.1, 0.15) is 5.69 Å². The first-order valence-electron chi connectivity index (χ1n) is 6.57. The molecule has 0 fully saturated rings. The Morgan fingerprint density at radius 2 is 2.05 bits per heavy atom. The third kappa shape index (κ3) is 4.25. The van der Waals surface area contributed by atoms with Crippen molar-refractivity contribution in [1.29, 1.82) is 0 Å². The smallest absolute Gasteiger partial charge is 0.417 e. The normalized spacial score (nSPS) is 11.8.